The molecule has 220 valence electrons. The molecule has 0 amide bonds. The predicted molar refractivity (Wildman–Crippen MR) is 138 cm³/mol. The van der Waals surface area contributed by atoms with Crippen LogP contribution >= 0.6 is 0 Å². The van der Waals surface area contributed by atoms with Gasteiger partial charge in [0.1, 0.15) is 11.3 Å². The van der Waals surface area contributed by atoms with Crippen LogP contribution in [0, 0.1) is 11.8 Å². The minimum atomic E-state index is -4.68. The van der Waals surface area contributed by atoms with Crippen LogP contribution in [0.1, 0.15) is 68.9 Å². The zero-order valence-electron chi connectivity index (χ0n) is 22.5. The minimum absolute atomic E-state index is 0.0217. The molecule has 40 heavy (non-hydrogen) atoms. The first-order valence-corrected chi connectivity index (χ1v) is 14.1. The van der Waals surface area contributed by atoms with E-state index in [1.807, 2.05) is 0 Å². The third kappa shape index (κ3) is 6.21. The largest absolute Gasteiger partial charge is 0.490 e. The summed E-state index contributed by atoms with van der Waals surface area (Å²) in [6.07, 6.45) is -4.40. The molecule has 10 heteroatoms. The number of alkyl halides is 6. The summed E-state index contributed by atoms with van der Waals surface area (Å²) in [7, 11) is 1.42. The van der Waals surface area contributed by atoms with Gasteiger partial charge in [-0.3, -0.25) is 9.69 Å². The molecule has 2 aliphatic heterocycles. The Hall–Kier alpha value is -2.49. The first-order chi connectivity index (χ1) is 18.9. The number of piperidine rings is 2. The van der Waals surface area contributed by atoms with Crippen molar-refractivity contribution in [1.82, 2.24) is 4.90 Å². The summed E-state index contributed by atoms with van der Waals surface area (Å²) in [6, 6.07) is 8.48. The second-order valence-electron chi connectivity index (χ2n) is 11.5. The third-order valence-corrected chi connectivity index (χ3v) is 9.08. The standard InChI is InChI=1S/C30H35F6NO3/c1-39-28(38)20-16-22-3-2-4-23(17-20)37(22)14-13-18-5-11-25-19(15-18)6-12-26(27(25)30(34,35)36)40-24-9-7-21(8-10-24)29(31,32)33/h5-6,11-12,15,20-24H,2-4,7-10,13-14,16-17H2,1H3/t20?,21?,22-,23?,24?/m1/s1. The van der Waals surface area contributed by atoms with Crippen molar-refractivity contribution in [3.8, 4) is 5.75 Å². The lowest BCUT2D eigenvalue weighted by Gasteiger charge is -2.48. The molecule has 0 spiro atoms. The molecule has 1 saturated carbocycles. The molecule has 3 atom stereocenters. The Kier molecular flexibility index (Phi) is 8.28. The topological polar surface area (TPSA) is 38.8 Å². The van der Waals surface area contributed by atoms with E-state index in [0.29, 0.717) is 23.9 Å². The highest BCUT2D eigenvalue weighted by molar-refractivity contribution is 5.89. The lowest BCUT2D eigenvalue weighted by Crippen LogP contribution is -2.53. The van der Waals surface area contributed by atoms with E-state index in [0.717, 1.165) is 44.2 Å². The van der Waals surface area contributed by atoms with Crippen LogP contribution in [0.5, 0.6) is 5.75 Å². The van der Waals surface area contributed by atoms with E-state index in [1.54, 1.807) is 18.2 Å². The molecular weight excluding hydrogens is 536 g/mol. The Balaban J connectivity index is 1.29. The van der Waals surface area contributed by atoms with Gasteiger partial charge in [-0.25, -0.2) is 0 Å². The number of rotatable bonds is 6. The number of halogens is 6. The molecule has 2 unspecified atom stereocenters. The summed E-state index contributed by atoms with van der Waals surface area (Å²) in [5.74, 6) is -1.98. The van der Waals surface area contributed by atoms with Gasteiger partial charge in [-0.2, -0.15) is 26.3 Å². The van der Waals surface area contributed by atoms with E-state index in [1.165, 1.54) is 19.2 Å². The van der Waals surface area contributed by atoms with Crippen LogP contribution in [-0.2, 0) is 22.1 Å². The lowest BCUT2D eigenvalue weighted by molar-refractivity contribution is -0.185. The average Bonchev–Trinajstić information content (AvgIpc) is 2.89. The number of hydrogen-bond acceptors (Lipinski definition) is 4. The first-order valence-electron chi connectivity index (χ1n) is 14.1. The molecule has 0 radical (unpaired) electrons. The number of hydrogen-bond donors (Lipinski definition) is 0. The molecule has 2 bridgehead atoms. The van der Waals surface area contributed by atoms with Crippen LogP contribution in [0.3, 0.4) is 0 Å². The number of carbonyl (C=O) groups excluding carboxylic acids is 1. The predicted octanol–water partition coefficient (Wildman–Crippen LogP) is 7.71. The Morgan fingerprint density at radius 3 is 2.20 bits per heavy atom. The van der Waals surface area contributed by atoms with Crippen molar-refractivity contribution in [2.75, 3.05) is 13.7 Å². The number of ether oxygens (including phenoxy) is 2. The van der Waals surface area contributed by atoms with Gasteiger partial charge in [0, 0.05) is 18.6 Å². The van der Waals surface area contributed by atoms with Gasteiger partial charge in [-0.1, -0.05) is 30.7 Å². The number of esters is 1. The molecule has 2 aromatic rings. The van der Waals surface area contributed by atoms with E-state index in [9.17, 15) is 31.1 Å². The summed E-state index contributed by atoms with van der Waals surface area (Å²) in [4.78, 5) is 14.6. The molecule has 0 N–H and O–H groups in total. The van der Waals surface area contributed by atoms with Crippen molar-refractivity contribution in [2.24, 2.45) is 11.8 Å². The zero-order valence-corrected chi connectivity index (χ0v) is 22.5. The van der Waals surface area contributed by atoms with Crippen molar-refractivity contribution in [3.63, 3.8) is 0 Å². The van der Waals surface area contributed by atoms with E-state index in [4.69, 9.17) is 9.47 Å². The van der Waals surface area contributed by atoms with E-state index in [2.05, 4.69) is 4.90 Å². The van der Waals surface area contributed by atoms with Gasteiger partial charge in [-0.05, 0) is 80.2 Å². The van der Waals surface area contributed by atoms with Crippen LogP contribution in [0.4, 0.5) is 26.3 Å². The molecular formula is C30H35F6NO3. The maximum absolute atomic E-state index is 14.2. The fraction of sp³-hybridized carbons (Fsp3) is 0.633. The summed E-state index contributed by atoms with van der Waals surface area (Å²) < 4.78 is 92.3. The maximum Gasteiger partial charge on any atom is 0.420 e. The molecule has 4 nitrogen and oxygen atoms in total. The number of fused-ring (bicyclic) bond motifs is 3. The second-order valence-corrected chi connectivity index (χ2v) is 11.5. The van der Waals surface area contributed by atoms with Crippen LogP contribution < -0.4 is 4.74 Å². The van der Waals surface area contributed by atoms with Crippen molar-refractivity contribution in [2.45, 2.75) is 94.7 Å². The van der Waals surface area contributed by atoms with Gasteiger partial charge >= 0.3 is 18.3 Å². The molecule has 1 aliphatic carbocycles. The molecule has 2 saturated heterocycles. The Labute approximate surface area is 230 Å². The summed E-state index contributed by atoms with van der Waals surface area (Å²) in [5, 5.41) is 0.469. The Morgan fingerprint density at radius 2 is 1.60 bits per heavy atom. The fourth-order valence-electron chi connectivity index (χ4n) is 7.05. The van der Waals surface area contributed by atoms with Gasteiger partial charge in [0.25, 0.3) is 0 Å². The molecule has 0 aromatic heterocycles. The highest BCUT2D eigenvalue weighted by Crippen LogP contribution is 2.44. The second kappa shape index (κ2) is 11.4. The number of methoxy groups -OCH3 is 1. The van der Waals surface area contributed by atoms with Crippen molar-refractivity contribution in [1.29, 1.82) is 0 Å². The van der Waals surface area contributed by atoms with Crippen LogP contribution in [-0.4, -0.2) is 48.9 Å². The van der Waals surface area contributed by atoms with Crippen molar-refractivity contribution >= 4 is 16.7 Å². The van der Waals surface area contributed by atoms with E-state index in [-0.39, 0.29) is 48.7 Å². The normalized spacial score (nSPS) is 27.9. The van der Waals surface area contributed by atoms with Gasteiger partial charge in [0.15, 0.2) is 0 Å². The number of benzene rings is 2. The maximum atomic E-state index is 14.2. The third-order valence-electron chi connectivity index (χ3n) is 9.08. The summed E-state index contributed by atoms with van der Waals surface area (Å²) in [6.45, 7) is 0.767. The zero-order chi connectivity index (χ0) is 28.7. The molecule has 3 aliphatic rings. The van der Waals surface area contributed by atoms with E-state index >= 15 is 0 Å². The SMILES string of the molecule is COC(=O)C1CC2CCC[C@H](C1)N2CCc1ccc2c(C(F)(F)F)c(OC3CCC(C(F)(F)F)CC3)ccc2c1. The van der Waals surface area contributed by atoms with Gasteiger partial charge in [0.05, 0.1) is 25.0 Å². The first kappa shape index (κ1) is 29.0. The van der Waals surface area contributed by atoms with Gasteiger partial charge in [-0.15, -0.1) is 0 Å². The Bertz CT molecular complexity index is 1190. The highest BCUT2D eigenvalue weighted by atomic mass is 19.4. The highest BCUT2D eigenvalue weighted by Gasteiger charge is 2.43. The van der Waals surface area contributed by atoms with Crippen molar-refractivity contribution < 1.29 is 40.6 Å². The smallest absolute Gasteiger partial charge is 0.420 e. The summed E-state index contributed by atoms with van der Waals surface area (Å²) in [5.41, 5.74) is 0.0434. The van der Waals surface area contributed by atoms with E-state index < -0.39 is 29.9 Å². The Morgan fingerprint density at radius 1 is 0.925 bits per heavy atom. The molecule has 2 heterocycles. The number of carbonyl (C=O) groups is 1. The fourth-order valence-corrected chi connectivity index (χ4v) is 7.05. The molecule has 3 fully saturated rings. The lowest BCUT2D eigenvalue weighted by atomic mass is 9.78. The van der Waals surface area contributed by atoms with Crippen LogP contribution in [0.15, 0.2) is 30.3 Å². The minimum Gasteiger partial charge on any atom is -0.490 e. The molecule has 5 rings (SSSR count). The quantitative estimate of drug-likeness (QED) is 0.263. The van der Waals surface area contributed by atoms with Crippen LogP contribution in [0.25, 0.3) is 10.8 Å². The van der Waals surface area contributed by atoms with Crippen molar-refractivity contribution in [3.05, 3.63) is 41.5 Å². The van der Waals surface area contributed by atoms with Gasteiger partial charge < -0.3 is 9.47 Å². The summed E-state index contributed by atoms with van der Waals surface area (Å²) >= 11 is 0. The monoisotopic (exact) mass is 571 g/mol. The number of nitrogens with zero attached hydrogens (tertiary/aromatic N) is 1. The average molecular weight is 572 g/mol. The molecule has 2 aromatic carbocycles. The van der Waals surface area contributed by atoms with Crippen LogP contribution in [0.2, 0.25) is 0 Å². The van der Waals surface area contributed by atoms with Gasteiger partial charge in [0.2, 0.25) is 0 Å².